The second kappa shape index (κ2) is 11.4. The number of methoxy groups -OCH3 is 2. The molecule has 0 atom stereocenters. The third kappa shape index (κ3) is 5.57. The molecule has 0 radical (unpaired) electrons. The summed E-state index contributed by atoms with van der Waals surface area (Å²) in [5.41, 5.74) is 3.93. The van der Waals surface area contributed by atoms with Gasteiger partial charge >= 0.3 is 0 Å². The number of amides is 1. The number of hydrogen-bond acceptors (Lipinski definition) is 4. The Balaban J connectivity index is 1.32. The molecule has 6 heteroatoms. The van der Waals surface area contributed by atoms with Crippen LogP contribution in [0.25, 0.3) is 11.0 Å². The largest absolute Gasteiger partial charge is 0.497 e. The molecule has 34 heavy (non-hydrogen) atoms. The summed E-state index contributed by atoms with van der Waals surface area (Å²) in [6, 6.07) is 23.5. The zero-order chi connectivity index (χ0) is 23.8. The molecule has 4 rings (SSSR count). The lowest BCUT2D eigenvalue weighted by Crippen LogP contribution is -2.24. The predicted octanol–water partition coefficient (Wildman–Crippen LogP) is 5.24. The van der Waals surface area contributed by atoms with Gasteiger partial charge in [0.1, 0.15) is 17.3 Å². The lowest BCUT2D eigenvalue weighted by atomic mass is 10.1. The number of unbranched alkanes of at least 4 members (excludes halogenated alkanes) is 2. The van der Waals surface area contributed by atoms with Gasteiger partial charge in [0.25, 0.3) is 5.91 Å². The van der Waals surface area contributed by atoms with Crippen LogP contribution in [-0.4, -0.2) is 36.2 Å². The fourth-order valence-electron chi connectivity index (χ4n) is 4.13. The van der Waals surface area contributed by atoms with E-state index in [1.807, 2.05) is 24.3 Å². The van der Waals surface area contributed by atoms with Crippen molar-refractivity contribution >= 4 is 16.9 Å². The minimum atomic E-state index is -0.0544. The lowest BCUT2D eigenvalue weighted by molar-refractivity contribution is 0.0953. The summed E-state index contributed by atoms with van der Waals surface area (Å²) in [4.78, 5) is 17.2. The average molecular weight is 458 g/mol. The van der Waals surface area contributed by atoms with Crippen LogP contribution in [-0.2, 0) is 13.0 Å². The molecule has 0 saturated carbocycles. The number of para-hydroxylation sites is 3. The molecule has 1 aromatic heterocycles. The maximum absolute atomic E-state index is 12.3. The third-order valence-corrected chi connectivity index (χ3v) is 5.97. The summed E-state index contributed by atoms with van der Waals surface area (Å²) in [6.45, 7) is 1.38. The number of aryl methyl sites for hydroxylation is 1. The molecular formula is C28H31N3O3. The second-order valence-electron chi connectivity index (χ2n) is 8.21. The van der Waals surface area contributed by atoms with Crippen molar-refractivity contribution in [1.29, 1.82) is 0 Å². The molecule has 0 unspecified atom stereocenters. The van der Waals surface area contributed by atoms with E-state index < -0.39 is 0 Å². The van der Waals surface area contributed by atoms with Crippen LogP contribution in [0.1, 0.15) is 41.0 Å². The van der Waals surface area contributed by atoms with Gasteiger partial charge in [0.05, 0.1) is 31.8 Å². The fourth-order valence-corrected chi connectivity index (χ4v) is 4.13. The molecule has 0 fully saturated rings. The summed E-state index contributed by atoms with van der Waals surface area (Å²) in [5.74, 6) is 2.66. The second-order valence-corrected chi connectivity index (χ2v) is 8.21. The first-order valence-corrected chi connectivity index (χ1v) is 11.7. The summed E-state index contributed by atoms with van der Waals surface area (Å²) < 4.78 is 13.0. The maximum atomic E-state index is 12.3. The highest BCUT2D eigenvalue weighted by atomic mass is 16.5. The van der Waals surface area contributed by atoms with Gasteiger partial charge in [-0.25, -0.2) is 4.98 Å². The van der Waals surface area contributed by atoms with Crippen LogP contribution >= 0.6 is 0 Å². The first kappa shape index (κ1) is 23.4. The standard InChI is InChI=1S/C28H31N3O3/c1-33-23-17-15-21(16-18-23)28(32)29-19-9-3-4-14-27-30-24-11-6-7-12-25(24)31(27)20-22-10-5-8-13-26(22)34-2/h5-8,10-13,15-18H,3-4,9,14,19-20H2,1-2H3,(H,29,32). The Morgan fingerprint density at radius 1 is 0.882 bits per heavy atom. The third-order valence-electron chi connectivity index (χ3n) is 5.97. The van der Waals surface area contributed by atoms with Gasteiger partial charge in [-0.2, -0.15) is 0 Å². The highest BCUT2D eigenvalue weighted by Gasteiger charge is 2.13. The smallest absolute Gasteiger partial charge is 0.251 e. The van der Waals surface area contributed by atoms with Gasteiger partial charge in [0.15, 0.2) is 0 Å². The number of nitrogens with one attached hydrogen (secondary N) is 1. The van der Waals surface area contributed by atoms with Gasteiger partial charge in [-0.1, -0.05) is 36.8 Å². The number of benzene rings is 3. The fraction of sp³-hybridized carbons (Fsp3) is 0.286. The van der Waals surface area contributed by atoms with E-state index in [0.29, 0.717) is 12.1 Å². The first-order valence-electron chi connectivity index (χ1n) is 11.7. The van der Waals surface area contributed by atoms with Crippen molar-refractivity contribution in [3.63, 3.8) is 0 Å². The summed E-state index contributed by atoms with van der Waals surface area (Å²) in [6.07, 6.45) is 3.83. The summed E-state index contributed by atoms with van der Waals surface area (Å²) in [7, 11) is 3.32. The van der Waals surface area contributed by atoms with Crippen molar-refractivity contribution in [3.8, 4) is 11.5 Å². The highest BCUT2D eigenvalue weighted by molar-refractivity contribution is 5.94. The minimum absolute atomic E-state index is 0.0544. The van der Waals surface area contributed by atoms with E-state index in [2.05, 4.69) is 34.1 Å². The van der Waals surface area contributed by atoms with Gasteiger partial charge in [0, 0.05) is 24.1 Å². The molecule has 1 N–H and O–H groups in total. The topological polar surface area (TPSA) is 65.4 Å². The number of nitrogens with zero attached hydrogens (tertiary/aromatic N) is 2. The lowest BCUT2D eigenvalue weighted by Gasteiger charge is -2.12. The molecule has 0 aliphatic carbocycles. The average Bonchev–Trinajstić information content (AvgIpc) is 3.23. The Morgan fingerprint density at radius 2 is 1.65 bits per heavy atom. The Labute approximate surface area is 200 Å². The van der Waals surface area contributed by atoms with E-state index in [1.165, 1.54) is 0 Å². The molecule has 0 spiro atoms. The van der Waals surface area contributed by atoms with Crippen molar-refractivity contribution in [2.24, 2.45) is 0 Å². The van der Waals surface area contributed by atoms with Crippen molar-refractivity contribution in [2.45, 2.75) is 32.2 Å². The monoisotopic (exact) mass is 457 g/mol. The van der Waals surface area contributed by atoms with E-state index in [1.54, 1.807) is 38.5 Å². The molecule has 6 nitrogen and oxygen atoms in total. The van der Waals surface area contributed by atoms with E-state index in [9.17, 15) is 4.79 Å². The Morgan fingerprint density at radius 3 is 2.44 bits per heavy atom. The molecule has 4 aromatic rings. The molecule has 0 aliphatic rings. The number of aromatic nitrogens is 2. The van der Waals surface area contributed by atoms with Crippen LogP contribution in [0.4, 0.5) is 0 Å². The number of carbonyl (C=O) groups is 1. The van der Waals surface area contributed by atoms with Gasteiger partial charge < -0.3 is 19.4 Å². The number of ether oxygens (including phenoxy) is 2. The number of imidazole rings is 1. The van der Waals surface area contributed by atoms with E-state index in [0.717, 1.165) is 66.1 Å². The van der Waals surface area contributed by atoms with Crippen molar-refractivity contribution in [2.75, 3.05) is 20.8 Å². The molecule has 176 valence electrons. The van der Waals surface area contributed by atoms with Crippen LogP contribution in [0.3, 0.4) is 0 Å². The van der Waals surface area contributed by atoms with Crippen LogP contribution in [0, 0.1) is 0 Å². The predicted molar refractivity (Wildman–Crippen MR) is 135 cm³/mol. The van der Waals surface area contributed by atoms with Crippen LogP contribution in [0.5, 0.6) is 11.5 Å². The van der Waals surface area contributed by atoms with Gasteiger partial charge in [-0.05, 0) is 55.3 Å². The number of carbonyl (C=O) groups excluding carboxylic acids is 1. The van der Waals surface area contributed by atoms with Crippen molar-refractivity contribution < 1.29 is 14.3 Å². The SMILES string of the molecule is COc1ccc(C(=O)NCCCCCc2nc3ccccc3n2Cc2ccccc2OC)cc1. The number of rotatable bonds is 11. The Kier molecular flexibility index (Phi) is 7.81. The first-order chi connectivity index (χ1) is 16.7. The zero-order valence-electron chi connectivity index (χ0n) is 19.8. The minimum Gasteiger partial charge on any atom is -0.497 e. The molecular weight excluding hydrogens is 426 g/mol. The van der Waals surface area contributed by atoms with E-state index in [-0.39, 0.29) is 5.91 Å². The molecule has 1 heterocycles. The van der Waals surface area contributed by atoms with E-state index in [4.69, 9.17) is 14.5 Å². The number of fused-ring (bicyclic) bond motifs is 1. The zero-order valence-corrected chi connectivity index (χ0v) is 19.8. The van der Waals surface area contributed by atoms with Crippen molar-refractivity contribution in [3.05, 3.63) is 89.7 Å². The van der Waals surface area contributed by atoms with Crippen molar-refractivity contribution in [1.82, 2.24) is 14.9 Å². The van der Waals surface area contributed by atoms with Gasteiger partial charge in [-0.15, -0.1) is 0 Å². The number of hydrogen-bond donors (Lipinski definition) is 1. The Hall–Kier alpha value is -3.80. The molecule has 3 aromatic carbocycles. The van der Waals surface area contributed by atoms with Crippen LogP contribution < -0.4 is 14.8 Å². The molecule has 1 amide bonds. The molecule has 0 bridgehead atoms. The summed E-state index contributed by atoms with van der Waals surface area (Å²) in [5, 5.41) is 3.00. The molecule has 0 aliphatic heterocycles. The molecule has 0 saturated heterocycles. The summed E-state index contributed by atoms with van der Waals surface area (Å²) >= 11 is 0. The van der Waals surface area contributed by atoms with Crippen LogP contribution in [0.15, 0.2) is 72.8 Å². The van der Waals surface area contributed by atoms with Gasteiger partial charge in [0.2, 0.25) is 0 Å². The quantitative estimate of drug-likeness (QED) is 0.313. The Bertz CT molecular complexity index is 1230. The van der Waals surface area contributed by atoms with Crippen LogP contribution in [0.2, 0.25) is 0 Å². The van der Waals surface area contributed by atoms with Gasteiger partial charge in [-0.3, -0.25) is 4.79 Å². The highest BCUT2D eigenvalue weighted by Crippen LogP contribution is 2.24. The van der Waals surface area contributed by atoms with E-state index >= 15 is 0 Å². The normalized spacial score (nSPS) is 10.9. The maximum Gasteiger partial charge on any atom is 0.251 e.